The van der Waals surface area contributed by atoms with Crippen LogP contribution in [0.3, 0.4) is 0 Å². The van der Waals surface area contributed by atoms with Crippen LogP contribution in [0.1, 0.15) is 34.6 Å². The molecular formula is C14H28NO6P. The van der Waals surface area contributed by atoms with E-state index in [0.29, 0.717) is 0 Å². The Labute approximate surface area is 132 Å². The van der Waals surface area contributed by atoms with E-state index >= 15 is 0 Å². The fraction of sp³-hybridized carbons (Fsp3) is 1.00. The van der Waals surface area contributed by atoms with Crippen LogP contribution >= 0.6 is 7.60 Å². The first-order chi connectivity index (χ1) is 10.3. The number of aliphatic hydroxyl groups is 1. The van der Waals surface area contributed by atoms with Gasteiger partial charge < -0.3 is 28.9 Å². The Bertz CT molecular complexity index is 422. The second kappa shape index (κ2) is 6.85. The monoisotopic (exact) mass is 337 g/mol. The first-order valence-corrected chi connectivity index (χ1v) is 9.50. The molecular weight excluding hydrogens is 309 g/mol. The Balaban J connectivity index is 2.25. The lowest BCUT2D eigenvalue weighted by molar-refractivity contribution is -0.156. The van der Waals surface area contributed by atoms with Crippen LogP contribution in [0.4, 0.5) is 0 Å². The number of rotatable bonds is 7. The third-order valence-corrected chi connectivity index (χ3v) is 6.62. The minimum atomic E-state index is -3.44. The molecule has 2 rings (SSSR count). The molecule has 0 spiro atoms. The van der Waals surface area contributed by atoms with Crippen LogP contribution in [0, 0.1) is 0 Å². The Morgan fingerprint density at radius 1 is 1.23 bits per heavy atom. The smallest absolute Gasteiger partial charge is 0.337 e. The van der Waals surface area contributed by atoms with E-state index in [1.54, 1.807) is 13.8 Å². The number of fused-ring (bicyclic) bond motifs is 1. The zero-order valence-electron chi connectivity index (χ0n) is 13.9. The highest BCUT2D eigenvalue weighted by molar-refractivity contribution is 7.54. The van der Waals surface area contributed by atoms with Gasteiger partial charge in [-0.05, 0) is 34.6 Å². The van der Waals surface area contributed by atoms with E-state index < -0.39 is 19.0 Å². The highest BCUT2D eigenvalue weighted by Crippen LogP contribution is 2.56. The number of hydrogen-bond donors (Lipinski definition) is 2. The maximum Gasteiger partial charge on any atom is 0.337 e. The quantitative estimate of drug-likeness (QED) is 0.681. The van der Waals surface area contributed by atoms with Crippen molar-refractivity contribution >= 4 is 7.60 Å². The minimum absolute atomic E-state index is 0.0301. The van der Waals surface area contributed by atoms with Crippen molar-refractivity contribution in [2.75, 3.05) is 19.8 Å². The third kappa shape index (κ3) is 3.41. The maximum absolute atomic E-state index is 13.0. The normalized spacial score (nSPS) is 35.5. The molecule has 2 heterocycles. The molecule has 7 nitrogen and oxygen atoms in total. The molecule has 0 aromatic rings. The van der Waals surface area contributed by atoms with Gasteiger partial charge in [-0.15, -0.1) is 0 Å². The van der Waals surface area contributed by atoms with Gasteiger partial charge in [0.2, 0.25) is 0 Å². The van der Waals surface area contributed by atoms with E-state index in [2.05, 4.69) is 5.32 Å². The fourth-order valence-electron chi connectivity index (χ4n) is 3.30. The molecule has 2 N–H and O–H groups in total. The Hall–Kier alpha value is -0.0100. The molecule has 0 aromatic carbocycles. The van der Waals surface area contributed by atoms with E-state index in [0.717, 1.165) is 0 Å². The Morgan fingerprint density at radius 3 is 2.27 bits per heavy atom. The SMILES string of the molecule is CCOP(=O)(OCC)C(CO)[C@@H]1N[C@@H](C)[C@H]2OC(C)(C)O[C@H]21. The summed E-state index contributed by atoms with van der Waals surface area (Å²) in [5, 5.41) is 13.2. The summed E-state index contributed by atoms with van der Waals surface area (Å²) in [6.07, 6.45) is -0.442. The summed E-state index contributed by atoms with van der Waals surface area (Å²) in [7, 11) is -3.44. The summed E-state index contributed by atoms with van der Waals surface area (Å²) in [6, 6.07) is -0.321. The van der Waals surface area contributed by atoms with Gasteiger partial charge in [0.05, 0.1) is 25.9 Å². The summed E-state index contributed by atoms with van der Waals surface area (Å²) in [5.41, 5.74) is -0.692. The summed E-state index contributed by atoms with van der Waals surface area (Å²) in [6.45, 7) is 9.41. The topological polar surface area (TPSA) is 86.3 Å². The second-order valence-electron chi connectivity index (χ2n) is 6.17. The molecule has 0 bridgehead atoms. The standard InChI is InChI=1S/C14H28NO6P/c1-6-18-22(17,19-7-2)10(8-16)11-13-12(9(3)15-11)20-14(4,5)21-13/h9-13,15-16H,6-8H2,1-5H3/t9-,10?,11-,12+,13-/m0/s1. The van der Waals surface area contributed by atoms with Crippen molar-refractivity contribution < 1.29 is 28.2 Å². The Kier molecular flexibility index (Phi) is 5.71. The zero-order valence-corrected chi connectivity index (χ0v) is 14.8. The van der Waals surface area contributed by atoms with Gasteiger partial charge in [-0.25, -0.2) is 0 Å². The van der Waals surface area contributed by atoms with Gasteiger partial charge in [0, 0.05) is 6.04 Å². The molecule has 0 saturated carbocycles. The van der Waals surface area contributed by atoms with Crippen LogP contribution in [0.25, 0.3) is 0 Å². The van der Waals surface area contributed by atoms with Gasteiger partial charge in [0.1, 0.15) is 17.9 Å². The zero-order chi connectivity index (χ0) is 16.5. The van der Waals surface area contributed by atoms with Crippen molar-refractivity contribution in [3.8, 4) is 0 Å². The lowest BCUT2D eigenvalue weighted by Crippen LogP contribution is -2.47. The number of ether oxygens (including phenoxy) is 2. The van der Waals surface area contributed by atoms with Gasteiger partial charge in [0.15, 0.2) is 5.79 Å². The first kappa shape index (κ1) is 18.3. The molecule has 130 valence electrons. The van der Waals surface area contributed by atoms with Gasteiger partial charge >= 0.3 is 7.60 Å². The van der Waals surface area contributed by atoms with Gasteiger partial charge in [-0.3, -0.25) is 4.57 Å². The maximum atomic E-state index is 13.0. The number of aliphatic hydroxyl groups excluding tert-OH is 1. The molecule has 2 saturated heterocycles. The van der Waals surface area contributed by atoms with Crippen LogP contribution in [0.5, 0.6) is 0 Å². The molecule has 8 heteroatoms. The van der Waals surface area contributed by atoms with Gasteiger partial charge in [-0.1, -0.05) is 0 Å². The van der Waals surface area contributed by atoms with Crippen LogP contribution < -0.4 is 5.32 Å². The summed E-state index contributed by atoms with van der Waals surface area (Å²) in [4.78, 5) is 0. The number of nitrogens with one attached hydrogen (secondary N) is 1. The van der Waals surface area contributed by atoms with Gasteiger partial charge in [0.25, 0.3) is 0 Å². The first-order valence-electron chi connectivity index (χ1n) is 7.89. The summed E-state index contributed by atoms with van der Waals surface area (Å²) < 4.78 is 35.7. The van der Waals surface area contributed by atoms with E-state index in [-0.39, 0.29) is 44.1 Å². The minimum Gasteiger partial charge on any atom is -0.395 e. The summed E-state index contributed by atoms with van der Waals surface area (Å²) >= 11 is 0. The average molecular weight is 337 g/mol. The van der Waals surface area contributed by atoms with Gasteiger partial charge in [-0.2, -0.15) is 0 Å². The molecule has 0 aliphatic carbocycles. The third-order valence-electron chi connectivity index (χ3n) is 4.09. The van der Waals surface area contributed by atoms with Crippen LogP contribution in [-0.2, 0) is 23.1 Å². The molecule has 2 aliphatic rings. The van der Waals surface area contributed by atoms with Crippen LogP contribution in [0.15, 0.2) is 0 Å². The van der Waals surface area contributed by atoms with Crippen LogP contribution in [-0.4, -0.2) is 60.7 Å². The van der Waals surface area contributed by atoms with Crippen molar-refractivity contribution in [3.63, 3.8) is 0 Å². The van der Waals surface area contributed by atoms with Crippen molar-refractivity contribution in [1.29, 1.82) is 0 Å². The molecule has 2 aliphatic heterocycles. The Morgan fingerprint density at radius 2 is 1.77 bits per heavy atom. The largest absolute Gasteiger partial charge is 0.395 e. The highest BCUT2D eigenvalue weighted by atomic mass is 31.2. The van der Waals surface area contributed by atoms with Crippen molar-refractivity contribution in [1.82, 2.24) is 5.32 Å². The molecule has 0 amide bonds. The summed E-state index contributed by atoms with van der Waals surface area (Å²) in [5.74, 6) is -0.689. The van der Waals surface area contributed by atoms with E-state index in [4.69, 9.17) is 18.5 Å². The lowest BCUT2D eigenvalue weighted by atomic mass is 10.1. The molecule has 0 radical (unpaired) electrons. The van der Waals surface area contributed by atoms with E-state index in [1.807, 2.05) is 20.8 Å². The van der Waals surface area contributed by atoms with Crippen LogP contribution in [0.2, 0.25) is 0 Å². The molecule has 2 fully saturated rings. The predicted molar refractivity (Wildman–Crippen MR) is 81.9 cm³/mol. The molecule has 1 unspecified atom stereocenters. The van der Waals surface area contributed by atoms with Crippen molar-refractivity contribution in [2.45, 2.75) is 70.4 Å². The molecule has 5 atom stereocenters. The van der Waals surface area contributed by atoms with E-state index in [1.165, 1.54) is 0 Å². The second-order valence-corrected chi connectivity index (χ2v) is 8.43. The van der Waals surface area contributed by atoms with Crippen molar-refractivity contribution in [2.24, 2.45) is 0 Å². The predicted octanol–water partition coefficient (Wildman–Crippen LogP) is 1.49. The molecule has 0 aromatic heterocycles. The van der Waals surface area contributed by atoms with E-state index in [9.17, 15) is 9.67 Å². The lowest BCUT2D eigenvalue weighted by Gasteiger charge is -2.32. The van der Waals surface area contributed by atoms with Crippen molar-refractivity contribution in [3.05, 3.63) is 0 Å². The highest BCUT2D eigenvalue weighted by Gasteiger charge is 2.57. The fourth-order valence-corrected chi connectivity index (χ4v) is 5.33. The number of hydrogen-bond acceptors (Lipinski definition) is 7. The average Bonchev–Trinajstić information content (AvgIpc) is 2.87. The molecule has 22 heavy (non-hydrogen) atoms.